The number of rotatable bonds is 4. The van der Waals surface area contributed by atoms with Crippen molar-refractivity contribution >= 4 is 32.6 Å². The summed E-state index contributed by atoms with van der Waals surface area (Å²) in [4.78, 5) is 12.9. The maximum absolute atomic E-state index is 12.7. The summed E-state index contributed by atoms with van der Waals surface area (Å²) < 4.78 is 37.7. The van der Waals surface area contributed by atoms with E-state index in [-0.39, 0.29) is 16.6 Å². The van der Waals surface area contributed by atoms with E-state index in [1.165, 1.54) is 16.4 Å². The van der Waals surface area contributed by atoms with Gasteiger partial charge < -0.3 is 14.5 Å². The molecule has 1 saturated heterocycles. The molecule has 1 N–H and O–H groups in total. The van der Waals surface area contributed by atoms with Crippen molar-refractivity contribution in [3.63, 3.8) is 0 Å². The maximum atomic E-state index is 12.7. The van der Waals surface area contributed by atoms with E-state index in [1.54, 1.807) is 12.1 Å². The molecule has 7 nitrogen and oxygen atoms in total. The van der Waals surface area contributed by atoms with E-state index < -0.39 is 10.0 Å². The number of hydrogen-bond donors (Lipinski definition) is 1. The summed E-state index contributed by atoms with van der Waals surface area (Å²) in [6, 6.07) is 11.9. The summed E-state index contributed by atoms with van der Waals surface area (Å²) in [7, 11) is -3.57. The molecule has 2 heterocycles. The summed E-state index contributed by atoms with van der Waals surface area (Å²) in [5.41, 5.74) is 2.98. The van der Waals surface area contributed by atoms with Gasteiger partial charge in [0.15, 0.2) is 5.76 Å². The molecule has 3 aromatic rings. The van der Waals surface area contributed by atoms with Crippen molar-refractivity contribution in [3.8, 4) is 0 Å². The molecule has 0 saturated carbocycles. The SMILES string of the molecule is Cc1ccc2c(C)c(C(=O)Nc3ccc(S(=O)(=O)N4CCOCC4)cc3)oc2c1. The third-order valence-corrected chi connectivity index (χ3v) is 6.93. The predicted octanol–water partition coefficient (Wildman–Crippen LogP) is 3.32. The van der Waals surface area contributed by atoms with E-state index in [4.69, 9.17) is 9.15 Å². The van der Waals surface area contributed by atoms with Crippen LogP contribution in [-0.4, -0.2) is 44.9 Å². The van der Waals surface area contributed by atoms with Crippen molar-refractivity contribution in [3.05, 3.63) is 59.4 Å². The largest absolute Gasteiger partial charge is 0.451 e. The molecule has 0 aliphatic carbocycles. The normalized spacial score (nSPS) is 15.5. The molecule has 1 aliphatic heterocycles. The smallest absolute Gasteiger partial charge is 0.291 e. The second-order valence-corrected chi connectivity index (χ2v) is 8.99. The van der Waals surface area contributed by atoms with Gasteiger partial charge in [-0.15, -0.1) is 0 Å². The van der Waals surface area contributed by atoms with Crippen LogP contribution in [0.2, 0.25) is 0 Å². The number of hydrogen-bond acceptors (Lipinski definition) is 5. The van der Waals surface area contributed by atoms with Gasteiger partial charge in [-0.25, -0.2) is 8.42 Å². The minimum Gasteiger partial charge on any atom is -0.451 e. The minimum absolute atomic E-state index is 0.188. The molecule has 29 heavy (non-hydrogen) atoms. The van der Waals surface area contributed by atoms with Gasteiger partial charge in [-0.2, -0.15) is 4.31 Å². The van der Waals surface area contributed by atoms with Gasteiger partial charge in [0.25, 0.3) is 5.91 Å². The first-order valence-electron chi connectivity index (χ1n) is 9.35. The summed E-state index contributed by atoms with van der Waals surface area (Å²) in [6.07, 6.45) is 0. The fraction of sp³-hybridized carbons (Fsp3) is 0.286. The number of anilines is 1. The quantitative estimate of drug-likeness (QED) is 0.707. The van der Waals surface area contributed by atoms with E-state index in [0.29, 0.717) is 37.6 Å². The fourth-order valence-electron chi connectivity index (χ4n) is 3.38. The van der Waals surface area contributed by atoms with Gasteiger partial charge in [0.2, 0.25) is 10.0 Å². The van der Waals surface area contributed by atoms with Crippen LogP contribution in [0.1, 0.15) is 21.7 Å². The minimum atomic E-state index is -3.57. The Morgan fingerprint density at radius 2 is 1.72 bits per heavy atom. The lowest BCUT2D eigenvalue weighted by molar-refractivity contribution is 0.0730. The van der Waals surface area contributed by atoms with Crippen LogP contribution in [0.15, 0.2) is 51.8 Å². The molecule has 0 spiro atoms. The Bertz CT molecular complexity index is 1160. The number of fused-ring (bicyclic) bond motifs is 1. The Hall–Kier alpha value is -2.68. The van der Waals surface area contributed by atoms with Gasteiger partial charge in [-0.3, -0.25) is 4.79 Å². The summed E-state index contributed by atoms with van der Waals surface area (Å²) >= 11 is 0. The van der Waals surface area contributed by atoms with Gasteiger partial charge in [-0.1, -0.05) is 12.1 Å². The number of carbonyl (C=O) groups excluding carboxylic acids is 1. The topological polar surface area (TPSA) is 88.9 Å². The maximum Gasteiger partial charge on any atom is 0.291 e. The van der Waals surface area contributed by atoms with Crippen molar-refractivity contribution in [1.82, 2.24) is 4.31 Å². The highest BCUT2D eigenvalue weighted by Crippen LogP contribution is 2.27. The van der Waals surface area contributed by atoms with Crippen LogP contribution in [0, 0.1) is 13.8 Å². The van der Waals surface area contributed by atoms with Gasteiger partial charge in [0, 0.05) is 29.7 Å². The molecule has 8 heteroatoms. The van der Waals surface area contributed by atoms with Crippen molar-refractivity contribution in [1.29, 1.82) is 0 Å². The molecule has 0 bridgehead atoms. The van der Waals surface area contributed by atoms with Crippen LogP contribution < -0.4 is 5.32 Å². The van der Waals surface area contributed by atoms with Gasteiger partial charge in [-0.05, 0) is 49.7 Å². The third kappa shape index (κ3) is 3.78. The Morgan fingerprint density at radius 3 is 2.41 bits per heavy atom. The number of aryl methyl sites for hydroxylation is 2. The van der Waals surface area contributed by atoms with Crippen LogP contribution in [-0.2, 0) is 14.8 Å². The average Bonchev–Trinajstić information content (AvgIpc) is 3.05. The van der Waals surface area contributed by atoms with Crippen LogP contribution in [0.25, 0.3) is 11.0 Å². The number of furan rings is 1. The lowest BCUT2D eigenvalue weighted by atomic mass is 10.1. The number of nitrogens with zero attached hydrogens (tertiary/aromatic N) is 1. The first-order chi connectivity index (χ1) is 13.9. The number of sulfonamides is 1. The number of morpholine rings is 1. The van der Waals surface area contributed by atoms with E-state index in [9.17, 15) is 13.2 Å². The zero-order valence-corrected chi connectivity index (χ0v) is 17.1. The van der Waals surface area contributed by atoms with Crippen molar-refractivity contribution in [2.24, 2.45) is 0 Å². The van der Waals surface area contributed by atoms with Crippen LogP contribution >= 0.6 is 0 Å². The zero-order valence-electron chi connectivity index (χ0n) is 16.3. The number of carbonyl (C=O) groups is 1. The first kappa shape index (κ1) is 19.6. The van der Waals surface area contributed by atoms with E-state index in [1.807, 2.05) is 32.0 Å². The number of amides is 1. The predicted molar refractivity (Wildman–Crippen MR) is 110 cm³/mol. The average molecular weight is 414 g/mol. The van der Waals surface area contributed by atoms with E-state index >= 15 is 0 Å². The number of ether oxygens (including phenoxy) is 1. The molecular weight excluding hydrogens is 392 g/mol. The van der Waals surface area contributed by atoms with E-state index in [0.717, 1.165) is 16.5 Å². The second-order valence-electron chi connectivity index (χ2n) is 7.05. The fourth-order valence-corrected chi connectivity index (χ4v) is 4.79. The molecule has 0 radical (unpaired) electrons. The molecule has 1 aliphatic rings. The monoisotopic (exact) mass is 414 g/mol. The van der Waals surface area contributed by atoms with Gasteiger partial charge in [0.1, 0.15) is 5.58 Å². The Labute approximate surface area is 169 Å². The van der Waals surface area contributed by atoms with Crippen LogP contribution in [0.5, 0.6) is 0 Å². The van der Waals surface area contributed by atoms with Gasteiger partial charge >= 0.3 is 0 Å². The Balaban J connectivity index is 1.53. The molecule has 152 valence electrons. The lowest BCUT2D eigenvalue weighted by Gasteiger charge is -2.26. The number of benzene rings is 2. The Kier molecular flexibility index (Phi) is 5.16. The van der Waals surface area contributed by atoms with Crippen molar-refractivity contribution in [2.75, 3.05) is 31.6 Å². The Morgan fingerprint density at radius 1 is 1.03 bits per heavy atom. The van der Waals surface area contributed by atoms with Gasteiger partial charge in [0.05, 0.1) is 18.1 Å². The molecular formula is C21H22N2O5S. The van der Waals surface area contributed by atoms with Crippen LogP contribution in [0.3, 0.4) is 0 Å². The van der Waals surface area contributed by atoms with E-state index in [2.05, 4.69) is 5.32 Å². The molecule has 2 aromatic carbocycles. The summed E-state index contributed by atoms with van der Waals surface area (Å²) in [5, 5.41) is 3.67. The first-order valence-corrected chi connectivity index (χ1v) is 10.8. The molecule has 1 fully saturated rings. The van der Waals surface area contributed by atoms with Crippen molar-refractivity contribution < 1.29 is 22.4 Å². The third-order valence-electron chi connectivity index (χ3n) is 5.02. The molecule has 1 aromatic heterocycles. The molecule has 1 amide bonds. The number of nitrogens with one attached hydrogen (secondary N) is 1. The van der Waals surface area contributed by atoms with Crippen LogP contribution in [0.4, 0.5) is 5.69 Å². The van der Waals surface area contributed by atoms with Crippen molar-refractivity contribution in [2.45, 2.75) is 18.7 Å². The summed E-state index contributed by atoms with van der Waals surface area (Å²) in [5.74, 6) is -0.129. The standard InChI is InChI=1S/C21H22N2O5S/c1-14-3-8-18-15(2)20(28-19(18)13-14)21(24)22-16-4-6-17(7-5-16)29(25,26)23-9-11-27-12-10-23/h3-8,13H,9-12H2,1-2H3,(H,22,24). The molecule has 4 rings (SSSR count). The highest BCUT2D eigenvalue weighted by Gasteiger charge is 2.26. The summed E-state index contributed by atoms with van der Waals surface area (Å²) in [6.45, 7) is 5.27. The molecule has 0 unspecified atom stereocenters. The lowest BCUT2D eigenvalue weighted by Crippen LogP contribution is -2.40. The highest BCUT2D eigenvalue weighted by atomic mass is 32.2. The second kappa shape index (κ2) is 7.62. The zero-order chi connectivity index (χ0) is 20.6. The highest BCUT2D eigenvalue weighted by molar-refractivity contribution is 7.89. The molecule has 0 atom stereocenters.